The first-order valence-corrected chi connectivity index (χ1v) is 7.10. The van der Waals surface area contributed by atoms with E-state index in [4.69, 9.17) is 0 Å². The monoisotopic (exact) mass is 243 g/mol. The zero-order chi connectivity index (χ0) is 12.8. The molecule has 1 aliphatic heterocycles. The Morgan fingerprint density at radius 1 is 1.39 bits per heavy atom. The predicted octanol–water partition coefficient (Wildman–Crippen LogP) is 3.64. The van der Waals surface area contributed by atoms with E-state index in [0.29, 0.717) is 6.04 Å². The highest BCUT2D eigenvalue weighted by atomic mass is 16.2. The van der Waals surface area contributed by atoms with Gasteiger partial charge in [0.2, 0.25) is 5.91 Å². The lowest BCUT2D eigenvalue weighted by Gasteiger charge is -2.41. The number of hydrogen-bond acceptors (Lipinski definition) is 1. The lowest BCUT2D eigenvalue weighted by Crippen LogP contribution is -2.48. The van der Waals surface area contributed by atoms with E-state index in [1.807, 2.05) is 0 Å². The van der Waals surface area contributed by atoms with Gasteiger partial charge in [-0.2, -0.15) is 0 Å². The highest BCUT2D eigenvalue weighted by Gasteiger charge is 2.51. The molecule has 1 saturated carbocycles. The number of carbonyl (C=O) groups is 1. The van der Waals surface area contributed by atoms with Crippen molar-refractivity contribution in [3.8, 4) is 0 Å². The smallest absolute Gasteiger partial charge is 0.224 e. The van der Waals surface area contributed by atoms with Gasteiger partial charge in [0.15, 0.2) is 0 Å². The second-order valence-corrected chi connectivity index (χ2v) is 5.68. The van der Waals surface area contributed by atoms with Crippen molar-refractivity contribution in [3.63, 3.8) is 0 Å². The zero-order valence-corrected chi connectivity index (χ0v) is 11.3. The molecule has 2 aliphatic rings. The van der Waals surface area contributed by atoms with Crippen molar-refractivity contribution in [1.82, 2.24) is 0 Å². The van der Waals surface area contributed by atoms with E-state index in [0.717, 1.165) is 12.8 Å². The standard InChI is InChI=1S/C16H21NO/c1-3-16-11-7-6-10-15(16)17(12(2)18)14-9-5-4-8-13(14)16/h4-5,8-9,15H,3,6-7,10-11H2,1-2H3. The highest BCUT2D eigenvalue weighted by Crippen LogP contribution is 2.53. The van der Waals surface area contributed by atoms with Gasteiger partial charge in [0.25, 0.3) is 0 Å². The number of amides is 1. The molecular weight excluding hydrogens is 222 g/mol. The highest BCUT2D eigenvalue weighted by molar-refractivity contribution is 5.95. The normalized spacial score (nSPS) is 29.9. The van der Waals surface area contributed by atoms with Crippen molar-refractivity contribution in [2.75, 3.05) is 4.90 Å². The van der Waals surface area contributed by atoms with Crippen LogP contribution in [-0.2, 0) is 10.2 Å². The minimum atomic E-state index is 0.199. The molecule has 1 amide bonds. The minimum absolute atomic E-state index is 0.199. The average molecular weight is 243 g/mol. The van der Waals surface area contributed by atoms with E-state index < -0.39 is 0 Å². The summed E-state index contributed by atoms with van der Waals surface area (Å²) in [6, 6.07) is 8.92. The van der Waals surface area contributed by atoms with Crippen LogP contribution in [0.3, 0.4) is 0 Å². The number of hydrogen-bond donors (Lipinski definition) is 0. The Bertz CT molecular complexity index is 482. The largest absolute Gasteiger partial charge is 0.308 e. The van der Waals surface area contributed by atoms with Crippen LogP contribution >= 0.6 is 0 Å². The van der Waals surface area contributed by atoms with Crippen LogP contribution in [0.5, 0.6) is 0 Å². The molecule has 0 saturated heterocycles. The summed E-state index contributed by atoms with van der Waals surface area (Å²) in [7, 11) is 0. The number of fused-ring (bicyclic) bond motifs is 3. The SMILES string of the molecule is CCC12CCCCC1N(C(C)=O)c1ccccc12. The first-order chi connectivity index (χ1) is 8.70. The van der Waals surface area contributed by atoms with Gasteiger partial charge in [0, 0.05) is 24.1 Å². The maximum absolute atomic E-state index is 12.0. The average Bonchev–Trinajstić information content (AvgIpc) is 2.70. The van der Waals surface area contributed by atoms with Gasteiger partial charge in [0.05, 0.1) is 0 Å². The van der Waals surface area contributed by atoms with Crippen LogP contribution in [0.1, 0.15) is 51.5 Å². The molecule has 1 aliphatic carbocycles. The van der Waals surface area contributed by atoms with Crippen molar-refractivity contribution >= 4 is 11.6 Å². The molecule has 2 nitrogen and oxygen atoms in total. The van der Waals surface area contributed by atoms with Crippen LogP contribution in [0.25, 0.3) is 0 Å². The third-order valence-corrected chi connectivity index (χ3v) is 4.97. The Morgan fingerprint density at radius 3 is 2.89 bits per heavy atom. The van der Waals surface area contributed by atoms with Crippen molar-refractivity contribution in [3.05, 3.63) is 29.8 Å². The van der Waals surface area contributed by atoms with E-state index in [9.17, 15) is 4.79 Å². The first-order valence-electron chi connectivity index (χ1n) is 7.10. The van der Waals surface area contributed by atoms with Crippen molar-refractivity contribution in [1.29, 1.82) is 0 Å². The summed E-state index contributed by atoms with van der Waals surface area (Å²) in [6.45, 7) is 3.98. The number of carbonyl (C=O) groups excluding carboxylic acids is 1. The topological polar surface area (TPSA) is 20.3 Å². The van der Waals surface area contributed by atoms with E-state index in [1.54, 1.807) is 6.92 Å². The summed E-state index contributed by atoms with van der Waals surface area (Å²) in [5, 5.41) is 0. The Kier molecular flexibility index (Phi) is 2.69. The van der Waals surface area contributed by atoms with Crippen molar-refractivity contribution in [2.24, 2.45) is 0 Å². The second-order valence-electron chi connectivity index (χ2n) is 5.68. The summed E-state index contributed by atoms with van der Waals surface area (Å²) in [5.41, 5.74) is 2.80. The fraction of sp³-hybridized carbons (Fsp3) is 0.562. The second kappa shape index (κ2) is 4.11. The molecule has 1 aromatic rings. The Hall–Kier alpha value is -1.31. The summed E-state index contributed by atoms with van der Waals surface area (Å²) < 4.78 is 0. The molecule has 0 bridgehead atoms. The minimum Gasteiger partial charge on any atom is -0.308 e. The summed E-state index contributed by atoms with van der Waals surface area (Å²) >= 11 is 0. The van der Waals surface area contributed by atoms with Crippen molar-refractivity contribution in [2.45, 2.75) is 57.4 Å². The van der Waals surface area contributed by atoms with Gasteiger partial charge < -0.3 is 4.90 Å². The number of benzene rings is 1. The molecule has 0 aromatic heterocycles. The zero-order valence-electron chi connectivity index (χ0n) is 11.3. The van der Waals surface area contributed by atoms with Crippen LogP contribution in [0, 0.1) is 0 Å². The molecule has 0 radical (unpaired) electrons. The van der Waals surface area contributed by atoms with Crippen LogP contribution in [0.15, 0.2) is 24.3 Å². The van der Waals surface area contributed by atoms with E-state index >= 15 is 0 Å². The lowest BCUT2D eigenvalue weighted by atomic mass is 9.66. The fourth-order valence-electron chi connectivity index (χ4n) is 4.18. The van der Waals surface area contributed by atoms with Gasteiger partial charge in [-0.1, -0.05) is 38.0 Å². The molecule has 1 fully saturated rings. The molecule has 3 rings (SSSR count). The van der Waals surface area contributed by atoms with Gasteiger partial charge in [-0.25, -0.2) is 0 Å². The number of nitrogens with zero attached hydrogens (tertiary/aromatic N) is 1. The van der Waals surface area contributed by atoms with Crippen LogP contribution in [0.4, 0.5) is 5.69 Å². The molecule has 2 atom stereocenters. The molecule has 1 aromatic carbocycles. The summed E-state index contributed by atoms with van der Waals surface area (Å²) in [6.07, 6.45) is 6.07. The molecule has 0 N–H and O–H groups in total. The van der Waals surface area contributed by atoms with Gasteiger partial charge in [-0.15, -0.1) is 0 Å². The van der Waals surface area contributed by atoms with Gasteiger partial charge in [-0.3, -0.25) is 4.79 Å². The lowest BCUT2D eigenvalue weighted by molar-refractivity contribution is -0.117. The molecule has 2 heteroatoms. The van der Waals surface area contributed by atoms with Gasteiger partial charge in [-0.05, 0) is 30.9 Å². The third kappa shape index (κ3) is 1.38. The quantitative estimate of drug-likeness (QED) is 0.737. The van der Waals surface area contributed by atoms with E-state index in [-0.39, 0.29) is 11.3 Å². The van der Waals surface area contributed by atoms with E-state index in [2.05, 4.69) is 36.1 Å². The predicted molar refractivity (Wildman–Crippen MR) is 73.8 cm³/mol. The van der Waals surface area contributed by atoms with Crippen LogP contribution in [-0.4, -0.2) is 11.9 Å². The summed E-state index contributed by atoms with van der Waals surface area (Å²) in [4.78, 5) is 14.1. The summed E-state index contributed by atoms with van der Waals surface area (Å²) in [5.74, 6) is 0.199. The molecular formula is C16H21NO. The molecule has 0 spiro atoms. The Morgan fingerprint density at radius 2 is 2.17 bits per heavy atom. The van der Waals surface area contributed by atoms with Crippen LogP contribution < -0.4 is 4.90 Å². The van der Waals surface area contributed by atoms with Crippen LogP contribution in [0.2, 0.25) is 0 Å². The third-order valence-electron chi connectivity index (χ3n) is 4.97. The van der Waals surface area contributed by atoms with Gasteiger partial charge in [0.1, 0.15) is 0 Å². The molecule has 18 heavy (non-hydrogen) atoms. The Labute approximate surface area is 109 Å². The molecule has 1 heterocycles. The Balaban J connectivity index is 2.19. The van der Waals surface area contributed by atoms with Gasteiger partial charge >= 0.3 is 0 Å². The number of para-hydroxylation sites is 1. The maximum atomic E-state index is 12.0. The first kappa shape index (κ1) is 11.8. The van der Waals surface area contributed by atoms with E-state index in [1.165, 1.54) is 30.5 Å². The fourth-order valence-corrected chi connectivity index (χ4v) is 4.18. The maximum Gasteiger partial charge on any atom is 0.224 e. The number of rotatable bonds is 1. The molecule has 96 valence electrons. The number of anilines is 1. The van der Waals surface area contributed by atoms with Crippen molar-refractivity contribution < 1.29 is 4.79 Å². The molecule has 2 unspecified atom stereocenters.